The number of anilines is 1. The van der Waals surface area contributed by atoms with Gasteiger partial charge in [0, 0.05) is 30.1 Å². The summed E-state index contributed by atoms with van der Waals surface area (Å²) >= 11 is 12.3. The summed E-state index contributed by atoms with van der Waals surface area (Å²) in [6, 6.07) is 27.4. The number of ether oxygens (including phenoxy) is 1. The molecule has 0 heterocycles. The van der Waals surface area contributed by atoms with Crippen LogP contribution in [-0.4, -0.2) is 51.9 Å². The van der Waals surface area contributed by atoms with Crippen molar-refractivity contribution in [3.8, 4) is 5.75 Å². The van der Waals surface area contributed by atoms with Crippen LogP contribution in [0.3, 0.4) is 0 Å². The third-order valence-electron chi connectivity index (χ3n) is 6.81. The Bertz CT molecular complexity index is 1650. The molecule has 224 valence electrons. The van der Waals surface area contributed by atoms with Gasteiger partial charge in [-0.15, -0.1) is 0 Å². The molecule has 4 aromatic carbocycles. The van der Waals surface area contributed by atoms with Crippen LogP contribution < -0.4 is 14.4 Å². The molecule has 1 N–H and O–H groups in total. The molecule has 0 saturated heterocycles. The normalized spacial score (nSPS) is 11.8. The van der Waals surface area contributed by atoms with Crippen molar-refractivity contribution in [3.63, 3.8) is 0 Å². The highest BCUT2D eigenvalue weighted by Gasteiger charge is 2.34. The number of hydrogen-bond acceptors (Lipinski definition) is 5. The van der Waals surface area contributed by atoms with Gasteiger partial charge in [0.25, 0.3) is 10.0 Å². The lowest BCUT2D eigenvalue weighted by Crippen LogP contribution is -2.53. The third kappa shape index (κ3) is 8.07. The Morgan fingerprint density at radius 1 is 0.837 bits per heavy atom. The first-order chi connectivity index (χ1) is 20.6. The molecule has 0 unspecified atom stereocenters. The zero-order valence-corrected chi connectivity index (χ0v) is 25.9. The zero-order valence-electron chi connectivity index (χ0n) is 23.6. The lowest BCUT2D eigenvalue weighted by molar-refractivity contribution is -0.139. The molecule has 43 heavy (non-hydrogen) atoms. The van der Waals surface area contributed by atoms with E-state index in [1.165, 1.54) is 49.4 Å². The fourth-order valence-corrected chi connectivity index (χ4v) is 6.26. The number of likely N-dealkylation sites (N-methyl/N-ethyl adjacent to an activating group) is 1. The van der Waals surface area contributed by atoms with Gasteiger partial charge in [-0.05, 0) is 65.7 Å². The molecule has 1 atom stereocenters. The first-order valence-electron chi connectivity index (χ1n) is 13.3. The van der Waals surface area contributed by atoms with Gasteiger partial charge in [0.05, 0.1) is 17.7 Å². The number of rotatable bonds is 12. The summed E-state index contributed by atoms with van der Waals surface area (Å²) < 4.78 is 34.2. The van der Waals surface area contributed by atoms with Crippen LogP contribution in [0, 0.1) is 0 Å². The molecule has 0 aliphatic carbocycles. The minimum Gasteiger partial charge on any atom is -0.497 e. The number of carbonyl (C=O) groups excluding carboxylic acids is 2. The Hall–Kier alpha value is -4.05. The van der Waals surface area contributed by atoms with Crippen molar-refractivity contribution in [1.29, 1.82) is 0 Å². The molecule has 0 aliphatic rings. The second-order valence-corrected chi connectivity index (χ2v) is 12.4. The molecule has 0 aromatic heterocycles. The predicted octanol–water partition coefficient (Wildman–Crippen LogP) is 5.58. The average Bonchev–Trinajstić information content (AvgIpc) is 3.02. The van der Waals surface area contributed by atoms with Gasteiger partial charge in [-0.2, -0.15) is 0 Å². The number of nitrogens with zero attached hydrogens (tertiary/aromatic N) is 2. The van der Waals surface area contributed by atoms with Crippen LogP contribution in [-0.2, 0) is 32.6 Å². The molecule has 0 fully saturated rings. The van der Waals surface area contributed by atoms with Crippen LogP contribution in [0.15, 0.2) is 108 Å². The van der Waals surface area contributed by atoms with E-state index in [-0.39, 0.29) is 23.5 Å². The van der Waals surface area contributed by atoms with E-state index in [1.54, 1.807) is 42.5 Å². The molecule has 0 saturated carbocycles. The number of halogens is 2. The topological polar surface area (TPSA) is 96.0 Å². The van der Waals surface area contributed by atoms with E-state index < -0.39 is 34.4 Å². The van der Waals surface area contributed by atoms with Gasteiger partial charge in [0.1, 0.15) is 18.3 Å². The number of hydrogen-bond donors (Lipinski definition) is 1. The largest absolute Gasteiger partial charge is 0.497 e. The molecule has 2 amide bonds. The third-order valence-corrected chi connectivity index (χ3v) is 9.08. The molecule has 8 nitrogen and oxygen atoms in total. The van der Waals surface area contributed by atoms with Crippen molar-refractivity contribution in [1.82, 2.24) is 10.2 Å². The van der Waals surface area contributed by atoms with E-state index in [0.29, 0.717) is 21.4 Å². The minimum absolute atomic E-state index is 0.0346. The maximum atomic E-state index is 14.3. The highest BCUT2D eigenvalue weighted by molar-refractivity contribution is 7.92. The van der Waals surface area contributed by atoms with E-state index in [9.17, 15) is 18.0 Å². The molecule has 4 aromatic rings. The maximum Gasteiger partial charge on any atom is 0.264 e. The number of benzene rings is 4. The van der Waals surface area contributed by atoms with Crippen molar-refractivity contribution < 1.29 is 22.7 Å². The van der Waals surface area contributed by atoms with Crippen LogP contribution in [0.4, 0.5) is 5.69 Å². The Morgan fingerprint density at radius 2 is 1.51 bits per heavy atom. The van der Waals surface area contributed by atoms with E-state index in [4.69, 9.17) is 27.9 Å². The number of nitrogens with one attached hydrogen (secondary N) is 1. The van der Waals surface area contributed by atoms with Crippen LogP contribution in [0.2, 0.25) is 10.0 Å². The van der Waals surface area contributed by atoms with Gasteiger partial charge in [0.15, 0.2) is 0 Å². The van der Waals surface area contributed by atoms with Gasteiger partial charge in [-0.25, -0.2) is 8.42 Å². The lowest BCUT2D eigenvalue weighted by Gasteiger charge is -2.33. The van der Waals surface area contributed by atoms with Gasteiger partial charge in [-0.3, -0.25) is 13.9 Å². The average molecular weight is 641 g/mol. The van der Waals surface area contributed by atoms with E-state index >= 15 is 0 Å². The SMILES string of the molecule is CNC(=O)[C@@H](Cc1ccccc1)N(Cc1ccc(Cl)cc1)C(=O)CN(c1cccc(Cl)c1)S(=O)(=O)c1ccc(OC)cc1. The van der Waals surface area contributed by atoms with Crippen molar-refractivity contribution >= 4 is 50.7 Å². The van der Waals surface area contributed by atoms with Crippen LogP contribution in [0.1, 0.15) is 11.1 Å². The van der Waals surface area contributed by atoms with Crippen molar-refractivity contribution in [2.75, 3.05) is 25.0 Å². The molecule has 0 bridgehead atoms. The molecule has 11 heteroatoms. The highest BCUT2D eigenvalue weighted by Crippen LogP contribution is 2.28. The standard InChI is InChI=1S/C32H31Cl2N3O5S/c1-35-32(39)30(19-23-7-4-3-5-8-23)36(21-24-11-13-25(33)14-12-24)31(38)22-37(27-10-6-9-26(34)20-27)43(40,41)29-17-15-28(42-2)16-18-29/h3-18,20,30H,19,21-22H2,1-2H3,(H,35,39)/t30-/m1/s1. The summed E-state index contributed by atoms with van der Waals surface area (Å²) in [5.41, 5.74) is 1.75. The zero-order chi connectivity index (χ0) is 31.0. The summed E-state index contributed by atoms with van der Waals surface area (Å²) in [6.45, 7) is -0.558. The van der Waals surface area contributed by atoms with Crippen LogP contribution >= 0.6 is 23.2 Å². The number of carbonyl (C=O) groups is 2. The second kappa shape index (κ2) is 14.4. The monoisotopic (exact) mass is 639 g/mol. The van der Waals surface area contributed by atoms with Gasteiger partial charge < -0.3 is 15.0 Å². The summed E-state index contributed by atoms with van der Waals surface area (Å²) in [4.78, 5) is 28.9. The van der Waals surface area contributed by atoms with Crippen LogP contribution in [0.5, 0.6) is 5.75 Å². The molecule has 0 spiro atoms. The maximum absolute atomic E-state index is 14.3. The quantitative estimate of drug-likeness (QED) is 0.218. The second-order valence-electron chi connectivity index (χ2n) is 9.63. The van der Waals surface area contributed by atoms with Gasteiger partial charge in [-0.1, -0.05) is 71.7 Å². The van der Waals surface area contributed by atoms with E-state index in [0.717, 1.165) is 9.87 Å². The number of sulfonamides is 1. The smallest absolute Gasteiger partial charge is 0.264 e. The summed E-state index contributed by atoms with van der Waals surface area (Å²) in [6.07, 6.45) is 0.211. The van der Waals surface area contributed by atoms with Crippen LogP contribution in [0.25, 0.3) is 0 Å². The van der Waals surface area contributed by atoms with E-state index in [2.05, 4.69) is 5.32 Å². The minimum atomic E-state index is -4.26. The Labute approximate surface area is 261 Å². The molecule has 0 aliphatic heterocycles. The summed E-state index contributed by atoms with van der Waals surface area (Å²) in [5, 5.41) is 3.48. The fraction of sp³-hybridized carbons (Fsp3) is 0.188. The predicted molar refractivity (Wildman–Crippen MR) is 169 cm³/mol. The highest BCUT2D eigenvalue weighted by atomic mass is 35.5. The van der Waals surface area contributed by atoms with Gasteiger partial charge in [0.2, 0.25) is 11.8 Å². The molecule has 4 rings (SSSR count). The van der Waals surface area contributed by atoms with Crippen molar-refractivity contribution in [2.24, 2.45) is 0 Å². The molecular weight excluding hydrogens is 609 g/mol. The summed E-state index contributed by atoms with van der Waals surface area (Å²) in [7, 11) is -1.28. The molecular formula is C32H31Cl2N3O5S. The Balaban J connectivity index is 1.78. The fourth-order valence-electron chi connectivity index (χ4n) is 4.54. The number of amides is 2. The summed E-state index contributed by atoms with van der Waals surface area (Å²) in [5.74, 6) is -0.497. The number of methoxy groups -OCH3 is 1. The Morgan fingerprint density at radius 3 is 2.12 bits per heavy atom. The van der Waals surface area contributed by atoms with Crippen molar-refractivity contribution in [2.45, 2.75) is 23.9 Å². The molecule has 0 radical (unpaired) electrons. The van der Waals surface area contributed by atoms with Gasteiger partial charge >= 0.3 is 0 Å². The first-order valence-corrected chi connectivity index (χ1v) is 15.5. The van der Waals surface area contributed by atoms with Crippen molar-refractivity contribution in [3.05, 3.63) is 124 Å². The van der Waals surface area contributed by atoms with E-state index in [1.807, 2.05) is 30.3 Å². The lowest BCUT2D eigenvalue weighted by atomic mass is 10.0. The Kier molecular flexibility index (Phi) is 10.7. The first kappa shape index (κ1) is 31.9.